The van der Waals surface area contributed by atoms with Crippen LogP contribution in [0.25, 0.3) is 0 Å². The number of carbonyl (C=O) groups excluding carboxylic acids is 7. The van der Waals surface area contributed by atoms with Crippen molar-refractivity contribution in [3.8, 4) is 23.0 Å². The van der Waals surface area contributed by atoms with E-state index < -0.39 is 52.6 Å². The molecule has 0 bridgehead atoms. The first-order chi connectivity index (χ1) is 24.0. The number of ketones is 5. The van der Waals surface area contributed by atoms with E-state index >= 15 is 0 Å². The first kappa shape index (κ1) is 33.3. The third-order valence-corrected chi connectivity index (χ3v) is 8.53. The maximum absolute atomic E-state index is 13.6. The van der Waals surface area contributed by atoms with Crippen LogP contribution in [0.2, 0.25) is 0 Å². The normalized spacial score (nSPS) is 16.0. The highest BCUT2D eigenvalue weighted by molar-refractivity contribution is 6.38. The van der Waals surface area contributed by atoms with Crippen LogP contribution in [0, 0.1) is 11.8 Å². The number of Topliss-reactive ketones (excluding diaryl/α,β-unsaturated/α-hetero) is 4. The largest absolute Gasteiger partial charge is 0.497 e. The average molecular weight is 677 g/mol. The molecule has 4 aromatic carbocycles. The number of nitrogens with one attached hydrogen (secondary N) is 2. The molecule has 0 radical (unpaired) electrons. The highest BCUT2D eigenvalue weighted by Gasteiger charge is 2.45. The van der Waals surface area contributed by atoms with E-state index in [0.29, 0.717) is 11.5 Å². The van der Waals surface area contributed by atoms with Gasteiger partial charge in [0, 0.05) is 45.5 Å². The van der Waals surface area contributed by atoms with Gasteiger partial charge in [-0.25, -0.2) is 0 Å². The van der Waals surface area contributed by atoms with Crippen LogP contribution in [0.4, 0.5) is 11.4 Å². The van der Waals surface area contributed by atoms with Gasteiger partial charge >= 0.3 is 0 Å². The van der Waals surface area contributed by atoms with Gasteiger partial charge in [-0.05, 0) is 48.5 Å². The van der Waals surface area contributed by atoms with E-state index in [1.54, 1.807) is 12.1 Å². The second-order valence-corrected chi connectivity index (χ2v) is 11.3. The van der Waals surface area contributed by atoms with E-state index in [4.69, 9.17) is 18.9 Å². The standard InChI is InChI=1S/C37H28N2O11/c1-47-19-7-11-25(27(15-19)49-3)38-36(45)29-32(41)21-9-5-17(13-23(21)34(29)43)31(40)18-6-10-22-24(14-18)35(44)30(33(22)42)37(46)39-26-12-8-20(48-2)16-28(26)50-4/h5-16,29-30H,1-4H3,(H,38,45)(H,39,46). The quantitative estimate of drug-likeness (QED) is 0.181. The van der Waals surface area contributed by atoms with Crippen LogP contribution in [-0.4, -0.2) is 69.2 Å². The van der Waals surface area contributed by atoms with Gasteiger partial charge in [-0.3, -0.25) is 33.6 Å². The van der Waals surface area contributed by atoms with E-state index in [-0.39, 0.29) is 56.3 Å². The van der Waals surface area contributed by atoms with Gasteiger partial charge in [0.2, 0.25) is 11.8 Å². The summed E-state index contributed by atoms with van der Waals surface area (Å²) in [6.07, 6.45) is 0. The van der Waals surface area contributed by atoms with E-state index in [1.807, 2.05) is 0 Å². The van der Waals surface area contributed by atoms with E-state index in [1.165, 1.54) is 89.1 Å². The van der Waals surface area contributed by atoms with Gasteiger partial charge in [0.05, 0.1) is 39.8 Å². The lowest BCUT2D eigenvalue weighted by Crippen LogP contribution is -2.31. The molecule has 13 heteroatoms. The second-order valence-electron chi connectivity index (χ2n) is 11.3. The lowest BCUT2D eigenvalue weighted by atomic mass is 9.96. The molecule has 0 heterocycles. The van der Waals surface area contributed by atoms with Gasteiger partial charge in [0.1, 0.15) is 23.0 Å². The highest BCUT2D eigenvalue weighted by atomic mass is 16.5. The Hall–Kier alpha value is -6.63. The molecular weight excluding hydrogens is 648 g/mol. The molecular formula is C37H28N2O11. The fraction of sp³-hybridized carbons (Fsp3) is 0.162. The van der Waals surface area contributed by atoms with Gasteiger partial charge < -0.3 is 29.6 Å². The second kappa shape index (κ2) is 13.1. The number of carbonyl (C=O) groups is 7. The summed E-state index contributed by atoms with van der Waals surface area (Å²) in [5, 5.41) is 5.11. The molecule has 0 spiro atoms. The van der Waals surface area contributed by atoms with Crippen molar-refractivity contribution in [2.24, 2.45) is 11.8 Å². The van der Waals surface area contributed by atoms with Gasteiger partial charge in [-0.1, -0.05) is 12.1 Å². The maximum Gasteiger partial charge on any atom is 0.243 e. The average Bonchev–Trinajstić information content (AvgIpc) is 3.54. The molecule has 2 unspecified atom stereocenters. The zero-order valence-electron chi connectivity index (χ0n) is 27.1. The molecule has 252 valence electrons. The Morgan fingerprint density at radius 3 is 1.22 bits per heavy atom. The summed E-state index contributed by atoms with van der Waals surface area (Å²) in [6, 6.07) is 16.9. The van der Waals surface area contributed by atoms with Crippen LogP contribution in [0.1, 0.15) is 57.4 Å². The van der Waals surface area contributed by atoms with Crippen molar-refractivity contribution in [2.45, 2.75) is 0 Å². The predicted octanol–water partition coefficient (Wildman–Crippen LogP) is 4.22. The number of hydrogen-bond acceptors (Lipinski definition) is 11. The molecule has 2 N–H and O–H groups in total. The molecule has 13 nitrogen and oxygen atoms in total. The number of benzene rings is 4. The molecule has 6 rings (SSSR count). The fourth-order valence-corrected chi connectivity index (χ4v) is 5.92. The first-order valence-corrected chi connectivity index (χ1v) is 15.1. The van der Waals surface area contributed by atoms with Crippen LogP contribution in [0.3, 0.4) is 0 Å². The zero-order chi connectivity index (χ0) is 35.9. The van der Waals surface area contributed by atoms with E-state index in [2.05, 4.69) is 10.6 Å². The molecule has 0 saturated heterocycles. The molecule has 0 fully saturated rings. The Morgan fingerprint density at radius 2 is 0.860 bits per heavy atom. The third kappa shape index (κ3) is 5.64. The number of methoxy groups -OCH3 is 4. The van der Waals surface area contributed by atoms with Crippen LogP contribution in [-0.2, 0) is 9.59 Å². The monoisotopic (exact) mass is 676 g/mol. The van der Waals surface area contributed by atoms with Gasteiger partial charge in [-0.2, -0.15) is 0 Å². The van der Waals surface area contributed by atoms with Crippen molar-refractivity contribution >= 4 is 52.1 Å². The van der Waals surface area contributed by atoms with Crippen LogP contribution in [0.5, 0.6) is 23.0 Å². The van der Waals surface area contributed by atoms with E-state index in [9.17, 15) is 33.6 Å². The van der Waals surface area contributed by atoms with Crippen molar-refractivity contribution in [3.63, 3.8) is 0 Å². The summed E-state index contributed by atoms with van der Waals surface area (Å²) < 4.78 is 20.9. The van der Waals surface area contributed by atoms with Gasteiger partial charge in [-0.15, -0.1) is 0 Å². The van der Waals surface area contributed by atoms with Crippen molar-refractivity contribution in [2.75, 3.05) is 39.1 Å². The smallest absolute Gasteiger partial charge is 0.243 e. The molecule has 0 aromatic heterocycles. The Morgan fingerprint density at radius 1 is 0.480 bits per heavy atom. The Kier molecular flexibility index (Phi) is 8.73. The number of fused-ring (bicyclic) bond motifs is 2. The SMILES string of the molecule is COc1ccc(NC(=O)C2C(=O)c3ccc(C(=O)c4ccc5c(c4)C(=O)C(C(=O)Nc4ccc(OC)cc4OC)C5=O)cc3C2=O)c(OC)c1. The van der Waals surface area contributed by atoms with Crippen LogP contribution in [0.15, 0.2) is 72.8 Å². The molecule has 2 aliphatic rings. The minimum Gasteiger partial charge on any atom is -0.497 e. The molecule has 2 amide bonds. The Balaban J connectivity index is 1.20. The van der Waals surface area contributed by atoms with Crippen molar-refractivity contribution < 1.29 is 52.5 Å². The predicted molar refractivity (Wildman–Crippen MR) is 177 cm³/mol. The Bertz CT molecular complexity index is 2020. The summed E-state index contributed by atoms with van der Waals surface area (Å²) >= 11 is 0. The van der Waals surface area contributed by atoms with Gasteiger partial charge in [0.15, 0.2) is 40.8 Å². The fourth-order valence-electron chi connectivity index (χ4n) is 5.92. The lowest BCUT2D eigenvalue weighted by Gasteiger charge is -2.13. The minimum absolute atomic E-state index is 0.000369. The molecule has 2 atom stereocenters. The molecule has 0 aliphatic heterocycles. The van der Waals surface area contributed by atoms with Crippen molar-refractivity contribution in [3.05, 3.63) is 106 Å². The summed E-state index contributed by atoms with van der Waals surface area (Å²) in [6.45, 7) is 0. The number of amides is 2. The number of ether oxygens (including phenoxy) is 4. The highest BCUT2D eigenvalue weighted by Crippen LogP contribution is 2.35. The van der Waals surface area contributed by atoms with Gasteiger partial charge in [0.25, 0.3) is 0 Å². The lowest BCUT2D eigenvalue weighted by molar-refractivity contribution is -0.118. The van der Waals surface area contributed by atoms with Crippen molar-refractivity contribution in [1.29, 1.82) is 0 Å². The maximum atomic E-state index is 13.6. The summed E-state index contributed by atoms with van der Waals surface area (Å²) in [5.74, 6) is -7.36. The first-order valence-electron chi connectivity index (χ1n) is 15.1. The minimum atomic E-state index is -1.69. The molecule has 50 heavy (non-hydrogen) atoms. The summed E-state index contributed by atoms with van der Waals surface area (Å²) in [7, 11) is 5.69. The number of rotatable bonds is 10. The van der Waals surface area contributed by atoms with Crippen LogP contribution < -0.4 is 29.6 Å². The third-order valence-electron chi connectivity index (χ3n) is 8.53. The Labute approximate surface area is 284 Å². The van der Waals surface area contributed by atoms with E-state index in [0.717, 1.165) is 0 Å². The zero-order valence-corrected chi connectivity index (χ0v) is 27.1. The van der Waals surface area contributed by atoms with Crippen LogP contribution >= 0.6 is 0 Å². The summed E-state index contributed by atoms with van der Waals surface area (Å²) in [5.41, 5.74) is 0.171. The van der Waals surface area contributed by atoms with Crippen molar-refractivity contribution in [1.82, 2.24) is 0 Å². The molecule has 4 aromatic rings. The summed E-state index contributed by atoms with van der Waals surface area (Å²) in [4.78, 5) is 93.0. The molecule has 2 aliphatic carbocycles. The number of anilines is 2. The number of hydrogen-bond donors (Lipinski definition) is 2. The topological polar surface area (TPSA) is 180 Å². The molecule has 0 saturated carbocycles.